The zero-order valence-electron chi connectivity index (χ0n) is 38.7. The monoisotopic (exact) mass is 469 g/mol. The van der Waals surface area contributed by atoms with E-state index < -0.39 is 86.7 Å². The number of benzene rings is 3. The SMILES string of the molecule is [2H]C([2H])([2H])C([2H])(c1cc(C([2H])(C([2H])([2H])[2H])C([2H])([2H])[2H])c(-c2cc(-c3cccc4c3oc3ccccc34)ncn2)c(C([2H])(C([2H])([2H])[2H])C([2H])([2H])[2H])c1)C([2H])([2H])[2H]. The van der Waals surface area contributed by atoms with Gasteiger partial charge in [0.05, 0.1) is 11.4 Å². The van der Waals surface area contributed by atoms with Gasteiger partial charge in [-0.2, -0.15) is 0 Å². The normalized spacial score (nSPS) is 24.3. The fraction of sp³-hybridized carbons (Fsp3) is 0.290. The topological polar surface area (TPSA) is 38.9 Å². The number of furan rings is 1. The summed E-state index contributed by atoms with van der Waals surface area (Å²) in [6.07, 6.45) is 0.875. The minimum atomic E-state index is -3.94. The molecule has 0 radical (unpaired) electrons. The van der Waals surface area contributed by atoms with E-state index in [1.165, 1.54) is 0 Å². The number of hydrogen-bond acceptors (Lipinski definition) is 3. The minimum Gasteiger partial charge on any atom is -0.455 e. The lowest BCUT2D eigenvalue weighted by molar-refractivity contribution is 0.670. The van der Waals surface area contributed by atoms with E-state index in [-0.39, 0.29) is 16.8 Å². The highest BCUT2D eigenvalue weighted by atomic mass is 16.3. The molecule has 5 aromatic rings. The maximum absolute atomic E-state index is 9.20. The third-order valence-electron chi connectivity index (χ3n) is 5.57. The Bertz CT molecular complexity index is 2150. The smallest absolute Gasteiger partial charge is 0.144 e. The average molecular weight is 470 g/mol. The summed E-state index contributed by atoms with van der Waals surface area (Å²) in [6.45, 7) is -23.5. The van der Waals surface area contributed by atoms with Crippen LogP contribution in [0, 0.1) is 0 Å². The molecule has 5 rings (SSSR count). The highest BCUT2D eigenvalue weighted by molar-refractivity contribution is 6.09. The first-order valence-corrected chi connectivity index (χ1v) is 10.2. The summed E-state index contributed by atoms with van der Waals surface area (Å²) in [5.74, 6) is -11.7. The molecule has 0 bridgehead atoms. The van der Waals surface area contributed by atoms with Crippen LogP contribution in [0.3, 0.4) is 0 Å². The Morgan fingerprint density at radius 2 is 1.41 bits per heavy atom. The summed E-state index contributed by atoms with van der Waals surface area (Å²) in [4.78, 5) is 8.38. The van der Waals surface area contributed by atoms with E-state index in [1.807, 2.05) is 0 Å². The molecule has 0 saturated heterocycles. The average Bonchev–Trinajstić information content (AvgIpc) is 3.42. The first kappa shape index (κ1) is 8.64. The predicted octanol–water partition coefficient (Wildman–Crippen LogP) is 9.08. The van der Waals surface area contributed by atoms with Crippen molar-refractivity contribution >= 4 is 21.9 Å². The van der Waals surface area contributed by atoms with Crippen LogP contribution in [0.4, 0.5) is 0 Å². The number of nitrogens with zero attached hydrogens (tertiary/aromatic N) is 2. The van der Waals surface area contributed by atoms with Crippen LogP contribution in [0.1, 0.15) is 104 Å². The molecule has 3 heteroatoms. The van der Waals surface area contributed by atoms with Crippen molar-refractivity contribution in [3.63, 3.8) is 0 Å². The Balaban J connectivity index is 2.08. The maximum atomic E-state index is 9.20. The van der Waals surface area contributed by atoms with E-state index in [2.05, 4.69) is 9.97 Å². The lowest BCUT2D eigenvalue weighted by atomic mass is 9.83. The Kier molecular flexibility index (Phi) is 2.21. The zero-order chi connectivity index (χ0) is 41.8. The third-order valence-corrected chi connectivity index (χ3v) is 5.57. The van der Waals surface area contributed by atoms with Gasteiger partial charge in [0.15, 0.2) is 0 Å². The quantitative estimate of drug-likeness (QED) is 0.258. The summed E-state index contributed by atoms with van der Waals surface area (Å²) < 4.78 is 182. The molecule has 2 aromatic heterocycles. The van der Waals surface area contributed by atoms with Crippen LogP contribution in [0.15, 0.2) is 71.4 Å². The van der Waals surface area contributed by atoms with E-state index in [0.717, 1.165) is 12.4 Å². The Morgan fingerprint density at radius 3 is 2.15 bits per heavy atom. The molecule has 3 aromatic carbocycles. The van der Waals surface area contributed by atoms with Crippen LogP contribution in [-0.2, 0) is 0 Å². The lowest BCUT2D eigenvalue weighted by Crippen LogP contribution is -2.05. The number of fused-ring (bicyclic) bond motifs is 3. The van der Waals surface area contributed by atoms with E-state index in [0.29, 0.717) is 28.5 Å². The number of aromatic nitrogens is 2. The van der Waals surface area contributed by atoms with Crippen LogP contribution in [-0.4, -0.2) is 9.97 Å². The summed E-state index contributed by atoms with van der Waals surface area (Å²) in [5.41, 5.74) is -4.62. The maximum Gasteiger partial charge on any atom is 0.144 e. The van der Waals surface area contributed by atoms with E-state index in [1.54, 1.807) is 42.5 Å². The van der Waals surface area contributed by atoms with Crippen LogP contribution in [0.2, 0.25) is 0 Å². The molecule has 0 N–H and O–H groups in total. The van der Waals surface area contributed by atoms with Gasteiger partial charge in [-0.15, -0.1) is 0 Å². The van der Waals surface area contributed by atoms with Crippen molar-refractivity contribution in [1.82, 2.24) is 9.97 Å². The van der Waals surface area contributed by atoms with E-state index in [9.17, 15) is 2.74 Å². The van der Waals surface area contributed by atoms with Gasteiger partial charge in [-0.1, -0.05) is 83.6 Å². The molecule has 0 aliphatic rings. The highest BCUT2D eigenvalue weighted by Gasteiger charge is 2.21. The minimum absolute atomic E-state index is 0.0350. The van der Waals surface area contributed by atoms with Crippen molar-refractivity contribution in [2.45, 2.75) is 58.8 Å². The van der Waals surface area contributed by atoms with Gasteiger partial charge < -0.3 is 4.42 Å². The first-order chi connectivity index (χ1) is 24.7. The summed E-state index contributed by atoms with van der Waals surface area (Å²) in [5, 5.41) is 1.32. The summed E-state index contributed by atoms with van der Waals surface area (Å²) in [6, 6.07) is 13.7. The third kappa shape index (κ3) is 3.79. The number of rotatable bonds is 5. The molecule has 0 aliphatic heterocycles. The second kappa shape index (κ2) is 8.72. The molecular weight excluding hydrogens is 416 g/mol. The summed E-state index contributed by atoms with van der Waals surface area (Å²) in [7, 11) is 0. The molecule has 172 valence electrons. The molecule has 0 fully saturated rings. The van der Waals surface area contributed by atoms with Crippen LogP contribution in [0.25, 0.3) is 44.5 Å². The van der Waals surface area contributed by atoms with Crippen molar-refractivity contribution in [3.05, 3.63) is 83.7 Å². The lowest BCUT2D eigenvalue weighted by Gasteiger charge is -2.22. The van der Waals surface area contributed by atoms with Gasteiger partial charge in [0, 0.05) is 50.7 Å². The van der Waals surface area contributed by atoms with Crippen molar-refractivity contribution in [3.8, 4) is 22.5 Å². The van der Waals surface area contributed by atoms with Crippen molar-refractivity contribution < 1.29 is 33.2 Å². The van der Waals surface area contributed by atoms with Crippen molar-refractivity contribution in [2.75, 3.05) is 0 Å². The van der Waals surface area contributed by atoms with Gasteiger partial charge in [0.1, 0.15) is 17.5 Å². The largest absolute Gasteiger partial charge is 0.455 e. The van der Waals surface area contributed by atoms with Gasteiger partial charge in [-0.3, -0.25) is 0 Å². The fourth-order valence-corrected chi connectivity index (χ4v) is 4.05. The second-order valence-electron chi connectivity index (χ2n) is 7.64. The fourth-order valence-electron chi connectivity index (χ4n) is 4.05. The van der Waals surface area contributed by atoms with Gasteiger partial charge >= 0.3 is 0 Å². The molecule has 0 aliphatic carbocycles. The van der Waals surface area contributed by atoms with Crippen molar-refractivity contribution in [1.29, 1.82) is 0 Å². The second-order valence-corrected chi connectivity index (χ2v) is 7.64. The molecule has 3 nitrogen and oxygen atoms in total. The van der Waals surface area contributed by atoms with Crippen LogP contribution in [0.5, 0.6) is 0 Å². The molecule has 0 unspecified atom stereocenters. The van der Waals surface area contributed by atoms with Crippen LogP contribution >= 0.6 is 0 Å². The molecule has 2 heterocycles. The molecular formula is C31H32N2O. The molecule has 0 saturated carbocycles. The number of para-hydroxylation sites is 2. The van der Waals surface area contributed by atoms with Gasteiger partial charge in [0.2, 0.25) is 0 Å². The van der Waals surface area contributed by atoms with Gasteiger partial charge in [0.25, 0.3) is 0 Å². The molecule has 0 atom stereocenters. The first-order valence-electron chi connectivity index (χ1n) is 20.7. The predicted molar refractivity (Wildman–Crippen MR) is 142 cm³/mol. The molecule has 0 spiro atoms. The van der Waals surface area contributed by atoms with E-state index in [4.69, 9.17) is 30.5 Å². The Morgan fingerprint density at radius 1 is 0.735 bits per heavy atom. The van der Waals surface area contributed by atoms with Crippen LogP contribution < -0.4 is 0 Å². The number of hydrogen-bond donors (Lipinski definition) is 0. The standard InChI is InChI=1S/C31H32N2O/c1-18(2)21-14-25(19(3)4)30(26(15-21)20(5)6)28-16-27(32-17-33-28)24-12-9-11-23-22-10-7-8-13-29(22)34-31(23)24/h7-20H,1-6H3/i1D3,2D3,3D3,4D3,5D3,6D3,18D,19D,20D. The van der Waals surface area contributed by atoms with Gasteiger partial charge in [-0.25, -0.2) is 9.97 Å². The highest BCUT2D eigenvalue weighted by Crippen LogP contribution is 2.40. The van der Waals surface area contributed by atoms with Gasteiger partial charge in [-0.05, 0) is 52.6 Å². The zero-order valence-corrected chi connectivity index (χ0v) is 17.7. The van der Waals surface area contributed by atoms with Crippen molar-refractivity contribution in [2.24, 2.45) is 0 Å². The molecule has 0 amide bonds. The molecule has 34 heavy (non-hydrogen) atoms. The Hall–Kier alpha value is -3.46. The Labute approximate surface area is 231 Å². The summed E-state index contributed by atoms with van der Waals surface area (Å²) >= 11 is 0. The van der Waals surface area contributed by atoms with E-state index >= 15 is 0 Å².